The molecule has 0 spiro atoms. The molecule has 124 valence electrons. The van der Waals surface area contributed by atoms with Crippen LogP contribution in [-0.4, -0.2) is 31.2 Å². The standard InChI is InChI=1S/C17H22N2O3S/c1-12-8-9-16(14-6-4-10-18-17(12)14)23(21,22)19-15-7-3-2-5-13(15)11-20/h4,6,8-10,13,15,19-20H,2-3,5,7,11H2,1H3. The highest BCUT2D eigenvalue weighted by Crippen LogP contribution is 2.28. The molecule has 0 radical (unpaired) electrons. The Labute approximate surface area is 136 Å². The van der Waals surface area contributed by atoms with Crippen molar-refractivity contribution >= 4 is 20.9 Å². The van der Waals surface area contributed by atoms with Crippen LogP contribution < -0.4 is 4.72 Å². The van der Waals surface area contributed by atoms with Crippen LogP contribution in [0.3, 0.4) is 0 Å². The molecule has 3 rings (SSSR count). The van der Waals surface area contributed by atoms with Crippen molar-refractivity contribution in [3.63, 3.8) is 0 Å². The summed E-state index contributed by atoms with van der Waals surface area (Å²) in [6.07, 6.45) is 5.33. The van der Waals surface area contributed by atoms with Crippen LogP contribution in [0.25, 0.3) is 10.9 Å². The van der Waals surface area contributed by atoms with Crippen LogP contribution in [0.1, 0.15) is 31.2 Å². The summed E-state index contributed by atoms with van der Waals surface area (Å²) in [5, 5.41) is 10.1. The van der Waals surface area contributed by atoms with Crippen molar-refractivity contribution < 1.29 is 13.5 Å². The van der Waals surface area contributed by atoms with E-state index in [0.717, 1.165) is 31.2 Å². The maximum Gasteiger partial charge on any atom is 0.241 e. The molecule has 0 bridgehead atoms. The summed E-state index contributed by atoms with van der Waals surface area (Å²) < 4.78 is 28.5. The highest BCUT2D eigenvalue weighted by molar-refractivity contribution is 7.89. The molecule has 1 aromatic heterocycles. The minimum Gasteiger partial charge on any atom is -0.396 e. The average Bonchev–Trinajstić information content (AvgIpc) is 2.55. The van der Waals surface area contributed by atoms with Gasteiger partial charge in [0.25, 0.3) is 0 Å². The third kappa shape index (κ3) is 3.24. The molecule has 1 aromatic carbocycles. The number of sulfonamides is 1. The first kappa shape index (κ1) is 16.4. The molecule has 1 aliphatic rings. The third-order valence-corrected chi connectivity index (χ3v) is 6.22. The Morgan fingerprint density at radius 1 is 1.26 bits per heavy atom. The number of pyridine rings is 1. The summed E-state index contributed by atoms with van der Waals surface area (Å²) in [6, 6.07) is 6.76. The molecule has 0 saturated heterocycles. The van der Waals surface area contributed by atoms with E-state index in [-0.39, 0.29) is 23.5 Å². The lowest BCUT2D eigenvalue weighted by Gasteiger charge is -2.30. The van der Waals surface area contributed by atoms with Gasteiger partial charge in [0.15, 0.2) is 0 Å². The number of nitrogens with one attached hydrogen (secondary N) is 1. The number of hydrogen-bond acceptors (Lipinski definition) is 4. The van der Waals surface area contributed by atoms with Crippen molar-refractivity contribution in [3.05, 3.63) is 36.0 Å². The Morgan fingerprint density at radius 3 is 2.83 bits per heavy atom. The molecule has 1 saturated carbocycles. The second-order valence-electron chi connectivity index (χ2n) is 6.24. The molecular weight excluding hydrogens is 312 g/mol. The number of rotatable bonds is 4. The van der Waals surface area contributed by atoms with Crippen molar-refractivity contribution in [1.82, 2.24) is 9.71 Å². The zero-order valence-corrected chi connectivity index (χ0v) is 14.0. The Morgan fingerprint density at radius 2 is 2.04 bits per heavy atom. The van der Waals surface area contributed by atoms with Crippen LogP contribution in [0, 0.1) is 12.8 Å². The number of aromatic nitrogens is 1. The van der Waals surface area contributed by atoms with Gasteiger partial charge in [-0.1, -0.05) is 18.9 Å². The quantitative estimate of drug-likeness (QED) is 0.900. The molecule has 2 N–H and O–H groups in total. The van der Waals surface area contributed by atoms with Crippen molar-refractivity contribution in [2.45, 2.75) is 43.5 Å². The van der Waals surface area contributed by atoms with Gasteiger partial charge in [-0.3, -0.25) is 4.98 Å². The molecule has 5 nitrogen and oxygen atoms in total. The molecule has 1 heterocycles. The van der Waals surface area contributed by atoms with Gasteiger partial charge in [0.1, 0.15) is 0 Å². The monoisotopic (exact) mass is 334 g/mol. The van der Waals surface area contributed by atoms with Crippen molar-refractivity contribution in [1.29, 1.82) is 0 Å². The molecule has 6 heteroatoms. The van der Waals surface area contributed by atoms with E-state index in [1.54, 1.807) is 30.5 Å². The first-order valence-electron chi connectivity index (χ1n) is 8.00. The summed E-state index contributed by atoms with van der Waals surface area (Å²) in [5.41, 5.74) is 1.66. The van der Waals surface area contributed by atoms with Gasteiger partial charge in [-0.25, -0.2) is 13.1 Å². The minimum atomic E-state index is -3.65. The van der Waals surface area contributed by atoms with E-state index >= 15 is 0 Å². The van der Waals surface area contributed by atoms with Crippen molar-refractivity contribution in [2.75, 3.05) is 6.61 Å². The van der Waals surface area contributed by atoms with Crippen LogP contribution in [-0.2, 0) is 10.0 Å². The Hall–Kier alpha value is -1.50. The predicted octanol–water partition coefficient (Wildman–Crippen LogP) is 2.37. The second kappa shape index (κ2) is 6.55. The smallest absolute Gasteiger partial charge is 0.241 e. The van der Waals surface area contributed by atoms with Crippen molar-refractivity contribution in [2.24, 2.45) is 5.92 Å². The van der Waals surface area contributed by atoms with E-state index in [1.165, 1.54) is 0 Å². The number of hydrogen-bond donors (Lipinski definition) is 2. The molecule has 23 heavy (non-hydrogen) atoms. The van der Waals surface area contributed by atoms with E-state index in [4.69, 9.17) is 0 Å². The van der Waals surface area contributed by atoms with Gasteiger partial charge in [-0.2, -0.15) is 0 Å². The van der Waals surface area contributed by atoms with Crippen LogP contribution in [0.2, 0.25) is 0 Å². The van der Waals surface area contributed by atoms with Crippen LogP contribution >= 0.6 is 0 Å². The highest BCUT2D eigenvalue weighted by atomic mass is 32.2. The topological polar surface area (TPSA) is 79.3 Å². The maximum atomic E-state index is 12.9. The van der Waals surface area contributed by atoms with Gasteiger partial charge in [-0.15, -0.1) is 0 Å². The van der Waals surface area contributed by atoms with E-state index < -0.39 is 10.0 Å². The number of benzene rings is 1. The lowest BCUT2D eigenvalue weighted by molar-refractivity contribution is 0.164. The summed E-state index contributed by atoms with van der Waals surface area (Å²) in [4.78, 5) is 4.56. The number of aliphatic hydroxyl groups excluding tert-OH is 1. The number of aliphatic hydroxyl groups is 1. The summed E-state index contributed by atoms with van der Waals surface area (Å²) >= 11 is 0. The number of fused-ring (bicyclic) bond motifs is 1. The normalized spacial score (nSPS) is 22.3. The fourth-order valence-electron chi connectivity index (χ4n) is 3.37. The van der Waals surface area contributed by atoms with Crippen LogP contribution in [0.4, 0.5) is 0 Å². The van der Waals surface area contributed by atoms with Crippen LogP contribution in [0.15, 0.2) is 35.4 Å². The highest BCUT2D eigenvalue weighted by Gasteiger charge is 2.29. The van der Waals surface area contributed by atoms with E-state index in [1.807, 2.05) is 6.92 Å². The van der Waals surface area contributed by atoms with E-state index in [9.17, 15) is 13.5 Å². The first-order chi connectivity index (χ1) is 11.0. The molecular formula is C17H22N2O3S. The average molecular weight is 334 g/mol. The summed E-state index contributed by atoms with van der Waals surface area (Å²) in [7, 11) is -3.65. The fraction of sp³-hybridized carbons (Fsp3) is 0.471. The number of aryl methyl sites for hydroxylation is 1. The lowest BCUT2D eigenvalue weighted by atomic mass is 9.86. The SMILES string of the molecule is Cc1ccc(S(=O)(=O)NC2CCCCC2CO)c2cccnc12. The molecule has 2 atom stereocenters. The molecule has 2 aromatic rings. The molecule has 0 amide bonds. The first-order valence-corrected chi connectivity index (χ1v) is 9.49. The molecule has 1 aliphatic carbocycles. The lowest BCUT2D eigenvalue weighted by Crippen LogP contribution is -2.43. The van der Waals surface area contributed by atoms with Crippen molar-refractivity contribution in [3.8, 4) is 0 Å². The second-order valence-corrected chi connectivity index (χ2v) is 7.92. The van der Waals surface area contributed by atoms with Gasteiger partial charge >= 0.3 is 0 Å². The molecule has 0 aliphatic heterocycles. The molecule has 2 unspecified atom stereocenters. The zero-order valence-electron chi connectivity index (χ0n) is 13.2. The maximum absolute atomic E-state index is 12.9. The van der Waals surface area contributed by atoms with Gasteiger partial charge in [0.05, 0.1) is 10.4 Å². The molecule has 1 fully saturated rings. The van der Waals surface area contributed by atoms with Gasteiger partial charge in [-0.05, 0) is 49.4 Å². The van der Waals surface area contributed by atoms with E-state index in [2.05, 4.69) is 9.71 Å². The van der Waals surface area contributed by atoms with E-state index in [0.29, 0.717) is 10.9 Å². The van der Waals surface area contributed by atoms with Crippen LogP contribution in [0.5, 0.6) is 0 Å². The third-order valence-electron chi connectivity index (χ3n) is 4.67. The van der Waals surface area contributed by atoms with Gasteiger partial charge < -0.3 is 5.11 Å². The minimum absolute atomic E-state index is 0.00615. The Kier molecular flexibility index (Phi) is 4.66. The zero-order chi connectivity index (χ0) is 16.4. The summed E-state index contributed by atoms with van der Waals surface area (Å²) in [5.74, 6) is -0.00615. The Bertz CT molecular complexity index is 805. The summed E-state index contributed by atoms with van der Waals surface area (Å²) in [6.45, 7) is 1.94. The fourth-order valence-corrected chi connectivity index (χ4v) is 4.90. The number of nitrogens with zero attached hydrogens (tertiary/aromatic N) is 1. The van der Waals surface area contributed by atoms with Gasteiger partial charge in [0, 0.05) is 24.2 Å². The largest absolute Gasteiger partial charge is 0.396 e. The predicted molar refractivity (Wildman–Crippen MR) is 89.6 cm³/mol. The Balaban J connectivity index is 1.98. The van der Waals surface area contributed by atoms with Gasteiger partial charge in [0.2, 0.25) is 10.0 Å².